The van der Waals surface area contributed by atoms with Crippen LogP contribution in [0.25, 0.3) is 10.6 Å². The van der Waals surface area contributed by atoms with Gasteiger partial charge in [0.05, 0.1) is 7.11 Å². The molecule has 1 aromatic heterocycles. The summed E-state index contributed by atoms with van der Waals surface area (Å²) in [5.74, 6) is 1.16. The Labute approximate surface area is 146 Å². The Hall–Kier alpha value is -1.95. The molecule has 1 heterocycles. The molecule has 128 valence electrons. The van der Waals surface area contributed by atoms with E-state index in [2.05, 4.69) is 10.2 Å². The lowest BCUT2D eigenvalue weighted by atomic mass is 9.88. The van der Waals surface area contributed by atoms with Crippen molar-refractivity contribution in [3.05, 3.63) is 24.3 Å². The van der Waals surface area contributed by atoms with Crippen molar-refractivity contribution in [3.63, 3.8) is 0 Å². The van der Waals surface area contributed by atoms with E-state index in [9.17, 15) is 4.79 Å². The van der Waals surface area contributed by atoms with Crippen molar-refractivity contribution in [2.75, 3.05) is 18.6 Å². The number of nitrogens with zero attached hydrogens (tertiary/aromatic N) is 3. The molecule has 6 heteroatoms. The highest BCUT2D eigenvalue weighted by Gasteiger charge is 2.28. The van der Waals surface area contributed by atoms with Gasteiger partial charge < -0.3 is 4.74 Å². The lowest BCUT2D eigenvalue weighted by Crippen LogP contribution is -2.36. The Morgan fingerprint density at radius 3 is 2.54 bits per heavy atom. The first-order chi connectivity index (χ1) is 11.7. The van der Waals surface area contributed by atoms with Gasteiger partial charge in [0.1, 0.15) is 10.8 Å². The van der Waals surface area contributed by atoms with Gasteiger partial charge in [0, 0.05) is 18.0 Å². The molecule has 1 saturated carbocycles. The minimum Gasteiger partial charge on any atom is -0.497 e. The van der Waals surface area contributed by atoms with Crippen LogP contribution in [0.5, 0.6) is 5.75 Å². The zero-order chi connectivity index (χ0) is 16.9. The minimum absolute atomic E-state index is 0.145. The van der Waals surface area contributed by atoms with Crippen molar-refractivity contribution in [3.8, 4) is 16.3 Å². The number of rotatable bonds is 5. The minimum atomic E-state index is 0.145. The van der Waals surface area contributed by atoms with E-state index in [0.717, 1.165) is 42.0 Å². The molecule has 0 atom stereocenters. The number of ether oxygens (including phenoxy) is 1. The number of hydrogen-bond donors (Lipinski definition) is 0. The van der Waals surface area contributed by atoms with Crippen LogP contribution < -0.4 is 9.64 Å². The number of benzene rings is 1. The summed E-state index contributed by atoms with van der Waals surface area (Å²) in [6.07, 6.45) is 5.55. The third-order valence-corrected chi connectivity index (χ3v) is 5.51. The SMILES string of the molecule is CCN(C(=O)C1CCCCC1)c1nnc(-c2ccc(OC)cc2)s1. The monoisotopic (exact) mass is 345 g/mol. The van der Waals surface area contributed by atoms with Crippen LogP contribution in [0.15, 0.2) is 24.3 Å². The molecule has 1 aliphatic rings. The first-order valence-electron chi connectivity index (χ1n) is 8.52. The number of hydrogen-bond acceptors (Lipinski definition) is 5. The molecule has 0 saturated heterocycles. The Morgan fingerprint density at radius 1 is 1.21 bits per heavy atom. The Bertz CT molecular complexity index is 678. The van der Waals surface area contributed by atoms with Crippen molar-refractivity contribution in [1.82, 2.24) is 10.2 Å². The maximum Gasteiger partial charge on any atom is 0.231 e. The highest BCUT2D eigenvalue weighted by atomic mass is 32.1. The first-order valence-corrected chi connectivity index (χ1v) is 9.34. The molecular formula is C18H23N3O2S. The van der Waals surface area contributed by atoms with E-state index in [4.69, 9.17) is 4.74 Å². The fraction of sp³-hybridized carbons (Fsp3) is 0.500. The van der Waals surface area contributed by atoms with Gasteiger partial charge in [-0.05, 0) is 44.0 Å². The summed E-state index contributed by atoms with van der Waals surface area (Å²) < 4.78 is 5.18. The summed E-state index contributed by atoms with van der Waals surface area (Å²) in [5.41, 5.74) is 0.987. The van der Waals surface area contributed by atoms with Gasteiger partial charge in [0.2, 0.25) is 11.0 Å². The summed E-state index contributed by atoms with van der Waals surface area (Å²) in [4.78, 5) is 14.6. The van der Waals surface area contributed by atoms with Gasteiger partial charge in [-0.15, -0.1) is 10.2 Å². The normalized spacial score (nSPS) is 15.2. The smallest absolute Gasteiger partial charge is 0.231 e. The molecule has 1 aromatic carbocycles. The molecule has 0 unspecified atom stereocenters. The van der Waals surface area contributed by atoms with Crippen molar-refractivity contribution in [2.24, 2.45) is 5.92 Å². The highest BCUT2D eigenvalue weighted by molar-refractivity contribution is 7.18. The molecule has 24 heavy (non-hydrogen) atoms. The van der Waals surface area contributed by atoms with Crippen LogP contribution in [0.1, 0.15) is 39.0 Å². The second-order valence-corrected chi connectivity index (χ2v) is 6.99. The summed E-state index contributed by atoms with van der Waals surface area (Å²) >= 11 is 1.47. The van der Waals surface area contributed by atoms with Crippen molar-refractivity contribution in [1.29, 1.82) is 0 Å². The molecule has 1 amide bonds. The molecule has 0 N–H and O–H groups in total. The largest absolute Gasteiger partial charge is 0.497 e. The van der Waals surface area contributed by atoms with Gasteiger partial charge in [0.15, 0.2) is 0 Å². The fourth-order valence-electron chi connectivity index (χ4n) is 3.13. The van der Waals surface area contributed by atoms with Gasteiger partial charge in [-0.1, -0.05) is 30.6 Å². The van der Waals surface area contributed by atoms with E-state index in [1.165, 1.54) is 17.8 Å². The third-order valence-electron chi connectivity index (χ3n) is 4.52. The average Bonchev–Trinajstić information content (AvgIpc) is 3.13. The number of aromatic nitrogens is 2. The number of amides is 1. The predicted molar refractivity (Wildman–Crippen MR) is 96.5 cm³/mol. The van der Waals surface area contributed by atoms with Gasteiger partial charge >= 0.3 is 0 Å². The van der Waals surface area contributed by atoms with Gasteiger partial charge in [0.25, 0.3) is 0 Å². The third kappa shape index (κ3) is 3.59. The number of anilines is 1. The van der Waals surface area contributed by atoms with E-state index >= 15 is 0 Å². The molecule has 0 radical (unpaired) electrons. The fourth-order valence-corrected chi connectivity index (χ4v) is 4.05. The van der Waals surface area contributed by atoms with Crippen molar-refractivity contribution < 1.29 is 9.53 Å². The van der Waals surface area contributed by atoms with Crippen LogP contribution >= 0.6 is 11.3 Å². The van der Waals surface area contributed by atoms with Gasteiger partial charge in [-0.25, -0.2) is 0 Å². The zero-order valence-corrected chi connectivity index (χ0v) is 15.0. The Balaban J connectivity index is 1.77. The molecular weight excluding hydrogens is 322 g/mol. The second kappa shape index (κ2) is 7.75. The van der Waals surface area contributed by atoms with Crippen molar-refractivity contribution >= 4 is 22.4 Å². The van der Waals surface area contributed by atoms with Crippen LogP contribution in [-0.2, 0) is 4.79 Å². The summed E-state index contributed by atoms with van der Waals surface area (Å²) in [6, 6.07) is 7.73. The summed E-state index contributed by atoms with van der Waals surface area (Å²) in [5, 5.41) is 10.1. The number of carbonyl (C=O) groups excluding carboxylic acids is 1. The molecule has 1 fully saturated rings. The Morgan fingerprint density at radius 2 is 1.92 bits per heavy atom. The maximum absolute atomic E-state index is 12.8. The maximum atomic E-state index is 12.8. The van der Waals surface area contributed by atoms with E-state index in [-0.39, 0.29) is 11.8 Å². The lowest BCUT2D eigenvalue weighted by Gasteiger charge is -2.26. The molecule has 5 nitrogen and oxygen atoms in total. The van der Waals surface area contributed by atoms with Crippen LogP contribution in [0.3, 0.4) is 0 Å². The first kappa shape index (κ1) is 16.9. The standard InChI is InChI=1S/C18H23N3O2S/c1-3-21(17(22)14-7-5-4-6-8-14)18-20-19-16(24-18)13-9-11-15(23-2)12-10-13/h9-12,14H,3-8H2,1-2H3. The van der Waals surface area contributed by atoms with Gasteiger partial charge in [-0.2, -0.15) is 0 Å². The molecule has 0 aliphatic heterocycles. The van der Waals surface area contributed by atoms with Crippen LogP contribution in [0.4, 0.5) is 5.13 Å². The summed E-state index contributed by atoms with van der Waals surface area (Å²) in [6.45, 7) is 2.63. The lowest BCUT2D eigenvalue weighted by molar-refractivity contribution is -0.123. The molecule has 0 bridgehead atoms. The zero-order valence-electron chi connectivity index (χ0n) is 14.2. The van der Waals surface area contributed by atoms with Crippen LogP contribution in [-0.4, -0.2) is 29.8 Å². The molecule has 3 rings (SSSR count). The quantitative estimate of drug-likeness (QED) is 0.817. The highest BCUT2D eigenvalue weighted by Crippen LogP contribution is 2.32. The number of carbonyl (C=O) groups is 1. The number of methoxy groups -OCH3 is 1. The van der Waals surface area contributed by atoms with Crippen molar-refractivity contribution in [2.45, 2.75) is 39.0 Å². The summed E-state index contributed by atoms with van der Waals surface area (Å²) in [7, 11) is 1.65. The van der Waals surface area contributed by atoms with E-state index < -0.39 is 0 Å². The van der Waals surface area contributed by atoms with Crippen LogP contribution in [0, 0.1) is 5.92 Å². The van der Waals surface area contributed by atoms with E-state index in [0.29, 0.717) is 11.7 Å². The van der Waals surface area contributed by atoms with E-state index in [1.807, 2.05) is 31.2 Å². The molecule has 2 aromatic rings. The average molecular weight is 345 g/mol. The second-order valence-electron chi connectivity index (χ2n) is 6.04. The topological polar surface area (TPSA) is 55.3 Å². The predicted octanol–water partition coefficient (Wildman–Crippen LogP) is 4.15. The van der Waals surface area contributed by atoms with Crippen LogP contribution in [0.2, 0.25) is 0 Å². The van der Waals surface area contributed by atoms with Gasteiger partial charge in [-0.3, -0.25) is 9.69 Å². The molecule has 1 aliphatic carbocycles. The molecule has 0 spiro atoms. The Kier molecular flexibility index (Phi) is 5.45. The van der Waals surface area contributed by atoms with E-state index in [1.54, 1.807) is 12.0 Å².